The molecule has 3 rings (SSSR count). The van der Waals surface area contributed by atoms with E-state index in [0.29, 0.717) is 28.2 Å². The van der Waals surface area contributed by atoms with Gasteiger partial charge in [0.15, 0.2) is 17.1 Å². The van der Waals surface area contributed by atoms with Crippen LogP contribution in [0.5, 0.6) is 11.5 Å². The number of aromatic nitrogens is 3. The van der Waals surface area contributed by atoms with Gasteiger partial charge in [-0.25, -0.2) is 4.79 Å². The maximum atomic E-state index is 12.6. The van der Waals surface area contributed by atoms with Crippen molar-refractivity contribution >= 4 is 29.3 Å². The van der Waals surface area contributed by atoms with Crippen LogP contribution in [0.1, 0.15) is 36.1 Å². The highest BCUT2D eigenvalue weighted by molar-refractivity contribution is 8.00. The molecule has 0 aliphatic carbocycles. The van der Waals surface area contributed by atoms with Crippen LogP contribution >= 0.6 is 11.8 Å². The standard InChI is InChI=1S/C22H24N4O5S/c1-13(31-18-10-6-9-17(12-18)30-4)19-24-25-22(26(19)3)32-14(2)20(27)23-16-8-5-7-15(11-16)21(28)29/h5-14H,1-4H3,(H,23,27)(H,28,29). The van der Waals surface area contributed by atoms with Crippen LogP contribution in [0.15, 0.2) is 53.7 Å². The Labute approximate surface area is 189 Å². The van der Waals surface area contributed by atoms with E-state index in [1.807, 2.05) is 32.2 Å². The van der Waals surface area contributed by atoms with Crippen LogP contribution in [0, 0.1) is 0 Å². The van der Waals surface area contributed by atoms with Gasteiger partial charge in [0.2, 0.25) is 5.91 Å². The number of hydrogen-bond acceptors (Lipinski definition) is 7. The number of benzene rings is 2. The normalized spacial score (nSPS) is 12.6. The van der Waals surface area contributed by atoms with Gasteiger partial charge in [0, 0.05) is 18.8 Å². The van der Waals surface area contributed by atoms with Crippen molar-refractivity contribution < 1.29 is 24.2 Å². The summed E-state index contributed by atoms with van der Waals surface area (Å²) < 4.78 is 13.0. The van der Waals surface area contributed by atoms with E-state index in [2.05, 4.69) is 15.5 Å². The summed E-state index contributed by atoms with van der Waals surface area (Å²) in [5, 5.41) is 20.3. The summed E-state index contributed by atoms with van der Waals surface area (Å²) in [6.45, 7) is 3.61. The SMILES string of the molecule is COc1cccc(OC(C)c2nnc(SC(C)C(=O)Nc3cccc(C(=O)O)c3)n2C)c1. The molecule has 0 spiro atoms. The third kappa shape index (κ3) is 5.58. The number of thioether (sulfide) groups is 1. The van der Waals surface area contributed by atoms with Gasteiger partial charge < -0.3 is 24.5 Å². The highest BCUT2D eigenvalue weighted by Crippen LogP contribution is 2.28. The molecule has 2 N–H and O–H groups in total. The first kappa shape index (κ1) is 23.1. The second kappa shape index (κ2) is 10.2. The number of aromatic carboxylic acids is 1. The molecule has 0 saturated heterocycles. The molecule has 2 atom stereocenters. The monoisotopic (exact) mass is 456 g/mol. The van der Waals surface area contributed by atoms with E-state index >= 15 is 0 Å². The third-order valence-electron chi connectivity index (χ3n) is 4.61. The van der Waals surface area contributed by atoms with Crippen molar-refractivity contribution in [2.24, 2.45) is 7.05 Å². The summed E-state index contributed by atoms with van der Waals surface area (Å²) in [6, 6.07) is 13.4. The molecule has 0 radical (unpaired) electrons. The average molecular weight is 457 g/mol. The molecule has 0 bridgehead atoms. The van der Waals surface area contributed by atoms with E-state index in [9.17, 15) is 9.59 Å². The zero-order chi connectivity index (χ0) is 23.3. The smallest absolute Gasteiger partial charge is 0.335 e. The Kier molecular flexibility index (Phi) is 7.37. The van der Waals surface area contributed by atoms with Gasteiger partial charge in [-0.1, -0.05) is 23.9 Å². The fraction of sp³-hybridized carbons (Fsp3) is 0.273. The minimum Gasteiger partial charge on any atom is -0.497 e. The molecule has 1 aromatic heterocycles. The van der Waals surface area contributed by atoms with E-state index < -0.39 is 11.2 Å². The summed E-state index contributed by atoms with van der Waals surface area (Å²) in [6.07, 6.45) is -0.378. The van der Waals surface area contributed by atoms with Gasteiger partial charge in [-0.3, -0.25) is 4.79 Å². The van der Waals surface area contributed by atoms with Gasteiger partial charge >= 0.3 is 5.97 Å². The van der Waals surface area contributed by atoms with E-state index in [0.717, 1.165) is 0 Å². The highest BCUT2D eigenvalue weighted by Gasteiger charge is 2.22. The van der Waals surface area contributed by atoms with E-state index in [-0.39, 0.29) is 17.6 Å². The Bertz CT molecular complexity index is 1120. The van der Waals surface area contributed by atoms with Crippen LogP contribution < -0.4 is 14.8 Å². The lowest BCUT2D eigenvalue weighted by atomic mass is 10.2. The summed E-state index contributed by atoms with van der Waals surface area (Å²) in [5.41, 5.74) is 0.521. The number of carbonyl (C=O) groups is 2. The molecule has 9 nitrogen and oxygen atoms in total. The second-order valence-electron chi connectivity index (χ2n) is 6.97. The predicted molar refractivity (Wildman–Crippen MR) is 120 cm³/mol. The molecule has 0 aliphatic rings. The molecule has 3 aromatic rings. The number of carbonyl (C=O) groups excluding carboxylic acids is 1. The number of rotatable bonds is 9. The number of anilines is 1. The van der Waals surface area contributed by atoms with Gasteiger partial charge in [0.25, 0.3) is 0 Å². The summed E-state index contributed by atoms with van der Waals surface area (Å²) >= 11 is 1.24. The summed E-state index contributed by atoms with van der Waals surface area (Å²) in [4.78, 5) is 23.7. The summed E-state index contributed by atoms with van der Waals surface area (Å²) in [5.74, 6) is 0.614. The molecular weight excluding hydrogens is 432 g/mol. The van der Waals surface area contributed by atoms with Crippen molar-refractivity contribution in [3.8, 4) is 11.5 Å². The Morgan fingerprint density at radius 2 is 1.81 bits per heavy atom. The molecule has 2 aromatic carbocycles. The first-order chi connectivity index (χ1) is 15.3. The minimum atomic E-state index is -1.06. The van der Waals surface area contributed by atoms with Crippen LogP contribution in [0.3, 0.4) is 0 Å². The molecule has 2 unspecified atom stereocenters. The lowest BCUT2D eigenvalue weighted by Crippen LogP contribution is -2.23. The number of methoxy groups -OCH3 is 1. The number of nitrogens with zero attached hydrogens (tertiary/aromatic N) is 3. The van der Waals surface area contributed by atoms with Gasteiger partial charge in [-0.05, 0) is 44.2 Å². The molecule has 0 aliphatic heterocycles. The predicted octanol–water partition coefficient (Wildman–Crippen LogP) is 3.78. The molecule has 0 fully saturated rings. The van der Waals surface area contributed by atoms with Crippen LogP contribution in [0.4, 0.5) is 5.69 Å². The van der Waals surface area contributed by atoms with Crippen LogP contribution in [-0.2, 0) is 11.8 Å². The van der Waals surface area contributed by atoms with E-state index in [1.165, 1.54) is 23.9 Å². The molecule has 1 amide bonds. The lowest BCUT2D eigenvalue weighted by Gasteiger charge is -2.15. The molecular formula is C22H24N4O5S. The largest absolute Gasteiger partial charge is 0.497 e. The van der Waals surface area contributed by atoms with Crippen LogP contribution in [0.2, 0.25) is 0 Å². The Hall–Kier alpha value is -3.53. The van der Waals surface area contributed by atoms with Gasteiger partial charge in [-0.15, -0.1) is 10.2 Å². The maximum absolute atomic E-state index is 12.6. The van der Waals surface area contributed by atoms with Crippen LogP contribution in [-0.4, -0.2) is 44.1 Å². The first-order valence-corrected chi connectivity index (χ1v) is 10.7. The average Bonchev–Trinajstić information content (AvgIpc) is 3.14. The molecule has 10 heteroatoms. The summed E-state index contributed by atoms with van der Waals surface area (Å²) in [7, 11) is 3.40. The number of ether oxygens (including phenoxy) is 2. The van der Waals surface area contributed by atoms with Crippen LogP contribution in [0.25, 0.3) is 0 Å². The Morgan fingerprint density at radius 1 is 1.09 bits per heavy atom. The van der Waals surface area contributed by atoms with Gasteiger partial charge in [0.1, 0.15) is 11.5 Å². The van der Waals surface area contributed by atoms with Crippen molar-refractivity contribution in [3.63, 3.8) is 0 Å². The Morgan fingerprint density at radius 3 is 2.53 bits per heavy atom. The molecule has 32 heavy (non-hydrogen) atoms. The quantitative estimate of drug-likeness (QED) is 0.468. The fourth-order valence-electron chi connectivity index (χ4n) is 2.90. The van der Waals surface area contributed by atoms with Crippen molar-refractivity contribution in [2.75, 3.05) is 12.4 Å². The van der Waals surface area contributed by atoms with Gasteiger partial charge in [-0.2, -0.15) is 0 Å². The number of hydrogen-bond donors (Lipinski definition) is 2. The topological polar surface area (TPSA) is 116 Å². The second-order valence-corrected chi connectivity index (χ2v) is 8.28. The molecule has 168 valence electrons. The third-order valence-corrected chi connectivity index (χ3v) is 5.75. The number of carboxylic acids is 1. The number of carboxylic acid groups (broad SMARTS) is 1. The van der Waals surface area contributed by atoms with Gasteiger partial charge in [0.05, 0.1) is 17.9 Å². The number of amides is 1. The Balaban J connectivity index is 1.64. The minimum absolute atomic E-state index is 0.103. The van der Waals surface area contributed by atoms with Crippen molar-refractivity contribution in [2.45, 2.75) is 30.4 Å². The number of nitrogens with one attached hydrogen (secondary N) is 1. The van der Waals surface area contributed by atoms with Crippen molar-refractivity contribution in [3.05, 3.63) is 59.9 Å². The first-order valence-electron chi connectivity index (χ1n) is 9.79. The molecule has 1 heterocycles. The van der Waals surface area contributed by atoms with Crippen molar-refractivity contribution in [1.82, 2.24) is 14.8 Å². The fourth-order valence-corrected chi connectivity index (χ4v) is 3.72. The highest BCUT2D eigenvalue weighted by atomic mass is 32.2. The van der Waals surface area contributed by atoms with E-state index in [1.54, 1.807) is 36.8 Å². The van der Waals surface area contributed by atoms with Crippen molar-refractivity contribution in [1.29, 1.82) is 0 Å². The zero-order valence-corrected chi connectivity index (χ0v) is 18.9. The lowest BCUT2D eigenvalue weighted by molar-refractivity contribution is -0.115. The van der Waals surface area contributed by atoms with E-state index in [4.69, 9.17) is 14.6 Å². The zero-order valence-electron chi connectivity index (χ0n) is 18.1. The molecule has 0 saturated carbocycles. The maximum Gasteiger partial charge on any atom is 0.335 e.